The summed E-state index contributed by atoms with van der Waals surface area (Å²) < 4.78 is 5.87. The molecule has 0 amide bonds. The molecule has 5 heteroatoms. The molecule has 1 N–H and O–H groups in total. The van der Waals surface area contributed by atoms with Gasteiger partial charge in [0.1, 0.15) is 5.75 Å². The molecule has 0 atom stereocenters. The molecule has 4 nitrogen and oxygen atoms in total. The van der Waals surface area contributed by atoms with E-state index >= 15 is 0 Å². The van der Waals surface area contributed by atoms with Gasteiger partial charge < -0.3 is 9.84 Å². The highest BCUT2D eigenvalue weighted by Crippen LogP contribution is 2.26. The van der Waals surface area contributed by atoms with Crippen LogP contribution >= 0.6 is 11.3 Å². The van der Waals surface area contributed by atoms with E-state index in [4.69, 9.17) is 9.84 Å². The molecule has 0 unspecified atom stereocenters. The predicted octanol–water partition coefficient (Wildman–Crippen LogP) is 3.91. The molecule has 0 bridgehead atoms. The number of hydrogen-bond donors (Lipinski definition) is 1. The summed E-state index contributed by atoms with van der Waals surface area (Å²) in [6, 6.07) is 8.12. The largest absolute Gasteiger partial charge is 0.493 e. The van der Waals surface area contributed by atoms with E-state index in [1.807, 2.05) is 23.6 Å². The summed E-state index contributed by atoms with van der Waals surface area (Å²) in [5, 5.41) is 11.5. The zero-order valence-electron chi connectivity index (χ0n) is 12.9. The van der Waals surface area contributed by atoms with Crippen LogP contribution in [0.3, 0.4) is 0 Å². The van der Waals surface area contributed by atoms with Crippen LogP contribution < -0.4 is 4.74 Å². The number of carboxylic acid groups (broad SMARTS) is 1. The Hall–Kier alpha value is -1.88. The summed E-state index contributed by atoms with van der Waals surface area (Å²) in [7, 11) is 0. The summed E-state index contributed by atoms with van der Waals surface area (Å²) in [4.78, 5) is 14.9. The van der Waals surface area contributed by atoms with Crippen molar-refractivity contribution in [2.75, 3.05) is 6.61 Å². The van der Waals surface area contributed by atoms with Crippen molar-refractivity contribution in [3.63, 3.8) is 0 Å². The first-order chi connectivity index (χ1) is 10.6. The first kappa shape index (κ1) is 16.5. The zero-order chi connectivity index (χ0) is 15.9. The quantitative estimate of drug-likeness (QED) is 0.750. The van der Waals surface area contributed by atoms with E-state index in [9.17, 15) is 4.79 Å². The zero-order valence-corrected chi connectivity index (χ0v) is 13.7. The summed E-state index contributed by atoms with van der Waals surface area (Å²) in [6.07, 6.45) is 1.68. The van der Waals surface area contributed by atoms with Gasteiger partial charge in [-0.2, -0.15) is 0 Å². The summed E-state index contributed by atoms with van der Waals surface area (Å²) in [5.41, 5.74) is 1.86. The molecule has 0 radical (unpaired) electrons. The molecule has 22 heavy (non-hydrogen) atoms. The average molecular weight is 319 g/mol. The van der Waals surface area contributed by atoms with E-state index in [0.717, 1.165) is 23.6 Å². The molecule has 1 heterocycles. The van der Waals surface area contributed by atoms with Crippen molar-refractivity contribution in [1.29, 1.82) is 0 Å². The Morgan fingerprint density at radius 1 is 1.36 bits per heavy atom. The first-order valence-corrected chi connectivity index (χ1v) is 8.31. The Bertz CT molecular complexity index is 622. The lowest BCUT2D eigenvalue weighted by atomic mass is 10.0. The Labute approximate surface area is 134 Å². The van der Waals surface area contributed by atoms with E-state index in [2.05, 4.69) is 24.9 Å². The lowest BCUT2D eigenvalue weighted by Gasteiger charge is -2.13. The third-order valence-electron chi connectivity index (χ3n) is 3.27. The normalized spacial score (nSPS) is 10.9. The van der Waals surface area contributed by atoms with E-state index in [-0.39, 0.29) is 6.42 Å². The van der Waals surface area contributed by atoms with Crippen LogP contribution in [0.1, 0.15) is 42.5 Å². The number of hydrogen-bond acceptors (Lipinski definition) is 4. The summed E-state index contributed by atoms with van der Waals surface area (Å²) in [5.74, 6) is 0.544. The van der Waals surface area contributed by atoms with Crippen LogP contribution in [0.5, 0.6) is 5.75 Å². The van der Waals surface area contributed by atoms with Crippen molar-refractivity contribution in [2.24, 2.45) is 0 Å². The van der Waals surface area contributed by atoms with Gasteiger partial charge in [-0.1, -0.05) is 32.0 Å². The van der Waals surface area contributed by atoms with Crippen LogP contribution in [0.2, 0.25) is 0 Å². The highest BCUT2D eigenvalue weighted by molar-refractivity contribution is 7.09. The molecule has 1 aromatic carbocycles. The molecular formula is C17H21NO3S. The predicted molar refractivity (Wildman–Crippen MR) is 87.8 cm³/mol. The summed E-state index contributed by atoms with van der Waals surface area (Å²) >= 11 is 1.52. The number of benzene rings is 1. The SMILES string of the molecule is CC(C)c1ccccc1OCCCc1nc(CC(=O)O)cs1. The Morgan fingerprint density at radius 2 is 2.14 bits per heavy atom. The number of carboxylic acids is 1. The standard InChI is InChI=1S/C17H21NO3S/c1-12(2)14-6-3-4-7-15(14)21-9-5-8-16-18-13(11-22-16)10-17(19)20/h3-4,6-7,11-12H,5,8-10H2,1-2H3,(H,19,20). The number of para-hydroxylation sites is 1. The van der Waals surface area contributed by atoms with Crippen molar-refractivity contribution < 1.29 is 14.6 Å². The number of aliphatic carboxylic acids is 1. The maximum Gasteiger partial charge on any atom is 0.309 e. The fourth-order valence-corrected chi connectivity index (χ4v) is 3.03. The number of rotatable bonds is 8. The molecule has 0 aliphatic rings. The number of carbonyl (C=O) groups is 1. The first-order valence-electron chi connectivity index (χ1n) is 7.43. The van der Waals surface area contributed by atoms with Gasteiger partial charge in [-0.3, -0.25) is 4.79 Å². The molecule has 0 saturated heterocycles. The number of aryl methyl sites for hydroxylation is 1. The number of nitrogens with zero attached hydrogens (tertiary/aromatic N) is 1. The van der Waals surface area contributed by atoms with Gasteiger partial charge in [-0.05, 0) is 24.0 Å². The topological polar surface area (TPSA) is 59.4 Å². The van der Waals surface area contributed by atoms with Crippen LogP contribution in [0.4, 0.5) is 0 Å². The third-order valence-corrected chi connectivity index (χ3v) is 4.22. The molecule has 0 aliphatic heterocycles. The molecule has 2 aromatic rings. The van der Waals surface area contributed by atoms with Crippen molar-refractivity contribution >= 4 is 17.3 Å². The molecule has 1 aromatic heterocycles. The van der Waals surface area contributed by atoms with Crippen LogP contribution in [0.15, 0.2) is 29.6 Å². The van der Waals surface area contributed by atoms with Gasteiger partial charge in [0, 0.05) is 11.8 Å². The maximum absolute atomic E-state index is 10.6. The average Bonchev–Trinajstić information content (AvgIpc) is 2.90. The van der Waals surface area contributed by atoms with Crippen molar-refractivity contribution in [1.82, 2.24) is 4.98 Å². The molecule has 2 rings (SSSR count). The van der Waals surface area contributed by atoms with E-state index in [1.54, 1.807) is 0 Å². The van der Waals surface area contributed by atoms with Gasteiger partial charge in [0.15, 0.2) is 0 Å². The van der Waals surface area contributed by atoms with Gasteiger partial charge in [-0.15, -0.1) is 11.3 Å². The van der Waals surface area contributed by atoms with E-state index in [1.165, 1.54) is 16.9 Å². The van der Waals surface area contributed by atoms with Gasteiger partial charge in [0.2, 0.25) is 0 Å². The maximum atomic E-state index is 10.6. The van der Waals surface area contributed by atoms with Crippen molar-refractivity contribution in [2.45, 2.75) is 39.0 Å². The van der Waals surface area contributed by atoms with Crippen LogP contribution in [-0.4, -0.2) is 22.7 Å². The Morgan fingerprint density at radius 3 is 2.86 bits per heavy atom. The van der Waals surface area contributed by atoms with Crippen molar-refractivity contribution in [3.05, 3.63) is 45.9 Å². The van der Waals surface area contributed by atoms with Crippen LogP contribution in [0.25, 0.3) is 0 Å². The van der Waals surface area contributed by atoms with Crippen LogP contribution in [-0.2, 0) is 17.6 Å². The molecule has 0 fully saturated rings. The fraction of sp³-hybridized carbons (Fsp3) is 0.412. The lowest BCUT2D eigenvalue weighted by molar-refractivity contribution is -0.136. The van der Waals surface area contributed by atoms with Gasteiger partial charge in [-0.25, -0.2) is 4.98 Å². The highest BCUT2D eigenvalue weighted by atomic mass is 32.1. The second-order valence-corrected chi connectivity index (χ2v) is 6.39. The number of aromatic nitrogens is 1. The van der Waals surface area contributed by atoms with Crippen molar-refractivity contribution in [3.8, 4) is 5.75 Å². The third kappa shape index (κ3) is 4.84. The smallest absolute Gasteiger partial charge is 0.309 e. The molecule has 0 saturated carbocycles. The fourth-order valence-electron chi connectivity index (χ4n) is 2.19. The number of thiazole rings is 1. The lowest BCUT2D eigenvalue weighted by Crippen LogP contribution is -2.03. The van der Waals surface area contributed by atoms with Gasteiger partial charge >= 0.3 is 5.97 Å². The summed E-state index contributed by atoms with van der Waals surface area (Å²) in [6.45, 7) is 4.95. The minimum atomic E-state index is -0.842. The monoisotopic (exact) mass is 319 g/mol. The molecule has 0 spiro atoms. The van der Waals surface area contributed by atoms with Gasteiger partial charge in [0.25, 0.3) is 0 Å². The molecule has 118 valence electrons. The Balaban J connectivity index is 1.80. The number of ether oxygens (including phenoxy) is 1. The highest BCUT2D eigenvalue weighted by Gasteiger charge is 2.08. The second-order valence-electron chi connectivity index (χ2n) is 5.45. The minimum Gasteiger partial charge on any atom is -0.493 e. The molecular weight excluding hydrogens is 298 g/mol. The van der Waals surface area contributed by atoms with Gasteiger partial charge in [0.05, 0.1) is 23.7 Å². The van der Waals surface area contributed by atoms with E-state index in [0.29, 0.717) is 18.2 Å². The second kappa shape index (κ2) is 7.94. The van der Waals surface area contributed by atoms with E-state index < -0.39 is 5.97 Å². The van der Waals surface area contributed by atoms with Crippen LogP contribution in [0, 0.1) is 0 Å². The Kier molecular flexibility index (Phi) is 5.95. The molecule has 0 aliphatic carbocycles. The minimum absolute atomic E-state index is 0.00519.